The fourth-order valence-electron chi connectivity index (χ4n) is 1.52. The first-order valence-corrected chi connectivity index (χ1v) is 6.23. The van der Waals surface area contributed by atoms with E-state index in [-0.39, 0.29) is 10.6 Å². The van der Waals surface area contributed by atoms with Crippen LogP contribution in [0.25, 0.3) is 0 Å². The zero-order valence-electron chi connectivity index (χ0n) is 9.95. The minimum absolute atomic E-state index is 0.144. The van der Waals surface area contributed by atoms with Gasteiger partial charge in [-0.3, -0.25) is 4.79 Å². The third kappa shape index (κ3) is 3.08. The van der Waals surface area contributed by atoms with Crippen molar-refractivity contribution >= 4 is 34.8 Å². The minimum Gasteiger partial charge on any atom is -0.321 e. The molecule has 0 atom stereocenters. The highest BCUT2D eigenvalue weighted by Crippen LogP contribution is 2.24. The highest BCUT2D eigenvalue weighted by atomic mass is 35.5. The first kappa shape index (κ1) is 14.3. The van der Waals surface area contributed by atoms with Gasteiger partial charge < -0.3 is 5.32 Å². The van der Waals surface area contributed by atoms with E-state index in [1.54, 1.807) is 0 Å². The Morgan fingerprint density at radius 1 is 1.15 bits per heavy atom. The summed E-state index contributed by atoms with van der Waals surface area (Å²) >= 11 is 11.5. The van der Waals surface area contributed by atoms with Crippen molar-refractivity contribution in [1.82, 2.24) is 0 Å². The van der Waals surface area contributed by atoms with Crippen molar-refractivity contribution in [2.45, 2.75) is 0 Å². The average Bonchev–Trinajstić information content (AvgIpc) is 2.44. The largest absolute Gasteiger partial charge is 0.321 e. The summed E-state index contributed by atoms with van der Waals surface area (Å²) in [5.74, 6) is -1.10. The molecule has 100 valence electrons. The first-order chi connectivity index (χ1) is 9.51. The maximum absolute atomic E-state index is 13.0. The molecule has 0 spiro atoms. The molecular weight excluding hydrogens is 302 g/mol. The molecule has 0 aliphatic heterocycles. The first-order valence-electron chi connectivity index (χ1n) is 5.47. The van der Waals surface area contributed by atoms with Crippen LogP contribution in [0.5, 0.6) is 0 Å². The maximum atomic E-state index is 13.0. The molecule has 1 N–H and O–H groups in total. The van der Waals surface area contributed by atoms with E-state index in [9.17, 15) is 9.18 Å². The van der Waals surface area contributed by atoms with E-state index in [0.717, 1.165) is 6.07 Å². The van der Waals surface area contributed by atoms with Gasteiger partial charge in [-0.2, -0.15) is 5.26 Å². The van der Waals surface area contributed by atoms with E-state index < -0.39 is 11.7 Å². The molecule has 0 aliphatic rings. The van der Waals surface area contributed by atoms with Crippen LogP contribution in [0.1, 0.15) is 15.9 Å². The lowest BCUT2D eigenvalue weighted by Gasteiger charge is -2.08. The summed E-state index contributed by atoms with van der Waals surface area (Å²) < 4.78 is 13.0. The van der Waals surface area contributed by atoms with Crippen molar-refractivity contribution in [3.05, 3.63) is 63.4 Å². The number of anilines is 1. The van der Waals surface area contributed by atoms with E-state index in [1.165, 1.54) is 30.3 Å². The minimum atomic E-state index is -0.604. The van der Waals surface area contributed by atoms with Gasteiger partial charge in [-0.25, -0.2) is 4.39 Å². The number of benzene rings is 2. The number of nitriles is 1. The number of carbonyl (C=O) groups is 1. The van der Waals surface area contributed by atoms with Crippen molar-refractivity contribution < 1.29 is 9.18 Å². The van der Waals surface area contributed by atoms with E-state index >= 15 is 0 Å². The predicted molar refractivity (Wildman–Crippen MR) is 75.5 cm³/mol. The molecule has 0 heterocycles. The number of carbonyl (C=O) groups excluding carboxylic acids is 1. The topological polar surface area (TPSA) is 52.9 Å². The van der Waals surface area contributed by atoms with Crippen molar-refractivity contribution in [2.75, 3.05) is 5.32 Å². The Morgan fingerprint density at radius 3 is 2.55 bits per heavy atom. The molecule has 6 heteroatoms. The van der Waals surface area contributed by atoms with E-state index in [2.05, 4.69) is 5.32 Å². The molecule has 0 aromatic heterocycles. The molecule has 2 rings (SSSR count). The quantitative estimate of drug-likeness (QED) is 0.901. The average molecular weight is 309 g/mol. The fourth-order valence-corrected chi connectivity index (χ4v) is 1.87. The number of hydrogen-bond acceptors (Lipinski definition) is 2. The number of halogens is 3. The van der Waals surface area contributed by atoms with Gasteiger partial charge in [-0.1, -0.05) is 23.2 Å². The van der Waals surface area contributed by atoms with Crippen LogP contribution in [0.4, 0.5) is 10.1 Å². The van der Waals surface area contributed by atoms with Crippen LogP contribution in [-0.2, 0) is 0 Å². The molecule has 20 heavy (non-hydrogen) atoms. The van der Waals surface area contributed by atoms with Gasteiger partial charge >= 0.3 is 0 Å². The second kappa shape index (κ2) is 5.91. The van der Waals surface area contributed by atoms with Gasteiger partial charge in [0, 0.05) is 5.56 Å². The lowest BCUT2D eigenvalue weighted by molar-refractivity contribution is 0.102. The number of hydrogen-bond donors (Lipinski definition) is 1. The Balaban J connectivity index is 2.28. The molecule has 3 nitrogen and oxygen atoms in total. The Kier molecular flexibility index (Phi) is 4.23. The Labute approximate surface area is 124 Å². The van der Waals surface area contributed by atoms with Gasteiger partial charge in [0.05, 0.1) is 27.4 Å². The highest BCUT2D eigenvalue weighted by molar-refractivity contribution is 6.34. The van der Waals surface area contributed by atoms with Crippen LogP contribution in [-0.4, -0.2) is 5.91 Å². The standard InChI is InChI=1S/C14H7Cl2FN2O/c15-10-3-1-8(7-18)5-13(10)19-14(20)9-2-4-12(17)11(16)6-9/h1-6H,(H,19,20). The summed E-state index contributed by atoms with van der Waals surface area (Å²) in [6, 6.07) is 10.1. The molecule has 0 saturated carbocycles. The lowest BCUT2D eigenvalue weighted by Crippen LogP contribution is -2.12. The van der Waals surface area contributed by atoms with E-state index in [4.69, 9.17) is 28.5 Å². The zero-order valence-corrected chi connectivity index (χ0v) is 11.5. The second-order valence-corrected chi connectivity index (χ2v) is 4.70. The second-order valence-electron chi connectivity index (χ2n) is 3.89. The Bertz CT molecular complexity index is 726. The molecule has 0 aliphatic carbocycles. The molecule has 0 unspecified atom stereocenters. The van der Waals surface area contributed by atoms with Gasteiger partial charge in [0.15, 0.2) is 0 Å². The summed E-state index contributed by atoms with van der Waals surface area (Å²) in [6.07, 6.45) is 0. The van der Waals surface area contributed by atoms with Gasteiger partial charge in [0.1, 0.15) is 5.82 Å². The smallest absolute Gasteiger partial charge is 0.255 e. The van der Waals surface area contributed by atoms with Crippen molar-refractivity contribution in [3.63, 3.8) is 0 Å². The zero-order chi connectivity index (χ0) is 14.7. The van der Waals surface area contributed by atoms with E-state index in [1.807, 2.05) is 6.07 Å². The number of rotatable bonds is 2. The molecule has 0 bridgehead atoms. The van der Waals surface area contributed by atoms with Crippen molar-refractivity contribution in [3.8, 4) is 6.07 Å². The summed E-state index contributed by atoms with van der Waals surface area (Å²) in [5, 5.41) is 11.5. The molecular formula is C14H7Cl2FN2O. The van der Waals surface area contributed by atoms with E-state index in [0.29, 0.717) is 16.3 Å². The summed E-state index contributed by atoms with van der Waals surface area (Å²) in [7, 11) is 0. The number of amides is 1. The molecule has 0 saturated heterocycles. The van der Waals surface area contributed by atoms with Crippen LogP contribution < -0.4 is 5.32 Å². The normalized spacial score (nSPS) is 9.90. The summed E-state index contributed by atoms with van der Waals surface area (Å²) in [6.45, 7) is 0. The number of nitrogens with one attached hydrogen (secondary N) is 1. The fraction of sp³-hybridized carbons (Fsp3) is 0. The van der Waals surface area contributed by atoms with Gasteiger partial charge in [-0.05, 0) is 36.4 Å². The summed E-state index contributed by atoms with van der Waals surface area (Å²) in [4.78, 5) is 12.0. The lowest BCUT2D eigenvalue weighted by atomic mass is 10.2. The van der Waals surface area contributed by atoms with Crippen LogP contribution >= 0.6 is 23.2 Å². The van der Waals surface area contributed by atoms with Gasteiger partial charge in [0.25, 0.3) is 5.91 Å². The Hall–Kier alpha value is -2.09. The number of nitrogens with zero attached hydrogens (tertiary/aromatic N) is 1. The van der Waals surface area contributed by atoms with Crippen LogP contribution in [0, 0.1) is 17.1 Å². The van der Waals surface area contributed by atoms with Crippen LogP contribution in [0.3, 0.4) is 0 Å². The third-order valence-corrected chi connectivity index (χ3v) is 3.14. The molecule has 1 amide bonds. The van der Waals surface area contributed by atoms with Crippen molar-refractivity contribution in [2.24, 2.45) is 0 Å². The predicted octanol–water partition coefficient (Wildman–Crippen LogP) is 4.26. The molecule has 2 aromatic carbocycles. The van der Waals surface area contributed by atoms with Crippen molar-refractivity contribution in [1.29, 1.82) is 5.26 Å². The SMILES string of the molecule is N#Cc1ccc(Cl)c(NC(=O)c2ccc(F)c(Cl)c2)c1. The monoisotopic (exact) mass is 308 g/mol. The van der Waals surface area contributed by atoms with Gasteiger partial charge in [0.2, 0.25) is 0 Å². The maximum Gasteiger partial charge on any atom is 0.255 e. The van der Waals surface area contributed by atoms with Gasteiger partial charge in [-0.15, -0.1) is 0 Å². The van der Waals surface area contributed by atoms with Crippen LogP contribution in [0.2, 0.25) is 10.0 Å². The third-order valence-electron chi connectivity index (χ3n) is 2.53. The molecule has 0 fully saturated rings. The molecule has 0 radical (unpaired) electrons. The van der Waals surface area contributed by atoms with Crippen LogP contribution in [0.15, 0.2) is 36.4 Å². The molecule has 2 aromatic rings. The highest BCUT2D eigenvalue weighted by Gasteiger charge is 2.11. The Morgan fingerprint density at radius 2 is 1.90 bits per heavy atom. The summed E-state index contributed by atoms with van der Waals surface area (Å²) in [5.41, 5.74) is 0.854.